The standard InChI is InChI=1S/C18H36O2.C3H8O2/c1-2-3-4-5-6-7-8-9-10-11-12-13-14-15-16-17-18(19)20;1-5-3-2-4/h2-17H2,1H3,(H,19,20);4H,2-3H2,1H3. The van der Waals surface area contributed by atoms with E-state index in [2.05, 4.69) is 11.7 Å². The quantitative estimate of drug-likeness (QED) is 0.296. The van der Waals surface area contributed by atoms with Crippen LogP contribution in [-0.4, -0.2) is 36.5 Å². The number of aliphatic hydroxyl groups excluding tert-OH is 1. The number of rotatable bonds is 18. The van der Waals surface area contributed by atoms with Gasteiger partial charge in [-0.3, -0.25) is 4.79 Å². The molecule has 0 bridgehead atoms. The van der Waals surface area contributed by atoms with E-state index in [1.807, 2.05) is 0 Å². The maximum absolute atomic E-state index is 10.3. The van der Waals surface area contributed by atoms with Gasteiger partial charge < -0.3 is 14.9 Å². The second-order valence-corrected chi connectivity index (χ2v) is 6.81. The van der Waals surface area contributed by atoms with Gasteiger partial charge in [0.1, 0.15) is 0 Å². The predicted octanol–water partition coefficient (Wildman–Crippen LogP) is 5.96. The molecule has 0 fully saturated rings. The molecule has 4 nitrogen and oxygen atoms in total. The van der Waals surface area contributed by atoms with Crippen molar-refractivity contribution >= 4 is 5.97 Å². The average Bonchev–Trinajstić information content (AvgIpc) is 2.59. The largest absolute Gasteiger partial charge is 0.481 e. The Kier molecular flexibility index (Phi) is 27.3. The summed E-state index contributed by atoms with van der Waals surface area (Å²) in [6.07, 6.45) is 20.2. The number of methoxy groups -OCH3 is 1. The SMILES string of the molecule is CCCCCCCCCCCCCCCCCC(=O)O.COCCO. The van der Waals surface area contributed by atoms with Crippen LogP contribution in [-0.2, 0) is 9.53 Å². The zero-order chi connectivity index (χ0) is 19.0. The van der Waals surface area contributed by atoms with Gasteiger partial charge >= 0.3 is 5.97 Å². The van der Waals surface area contributed by atoms with Crippen LogP contribution in [0.5, 0.6) is 0 Å². The fourth-order valence-corrected chi connectivity index (χ4v) is 2.74. The molecule has 2 N–H and O–H groups in total. The van der Waals surface area contributed by atoms with Crippen LogP contribution in [0.1, 0.15) is 110 Å². The van der Waals surface area contributed by atoms with E-state index in [0.29, 0.717) is 13.0 Å². The highest BCUT2D eigenvalue weighted by Crippen LogP contribution is 2.13. The Hall–Kier alpha value is -0.610. The molecule has 0 amide bonds. The first kappa shape index (κ1) is 26.6. The van der Waals surface area contributed by atoms with Crippen LogP contribution in [0, 0.1) is 0 Å². The summed E-state index contributed by atoms with van der Waals surface area (Å²) in [5.74, 6) is -0.653. The number of unbranched alkanes of at least 4 members (excludes halogenated alkanes) is 14. The first-order chi connectivity index (χ1) is 12.2. The van der Waals surface area contributed by atoms with Gasteiger partial charge in [0.25, 0.3) is 0 Å². The van der Waals surface area contributed by atoms with Gasteiger partial charge in [-0.1, -0.05) is 96.8 Å². The van der Waals surface area contributed by atoms with Gasteiger partial charge in [-0.05, 0) is 6.42 Å². The van der Waals surface area contributed by atoms with Crippen LogP contribution in [0.2, 0.25) is 0 Å². The Morgan fingerprint density at radius 2 is 1.08 bits per heavy atom. The monoisotopic (exact) mass is 360 g/mol. The Morgan fingerprint density at radius 3 is 1.32 bits per heavy atom. The minimum absolute atomic E-state index is 0.122. The summed E-state index contributed by atoms with van der Waals surface area (Å²) in [5, 5.41) is 16.5. The summed E-state index contributed by atoms with van der Waals surface area (Å²) < 4.78 is 4.44. The summed E-state index contributed by atoms with van der Waals surface area (Å²) >= 11 is 0. The van der Waals surface area contributed by atoms with Gasteiger partial charge in [0.2, 0.25) is 0 Å². The maximum atomic E-state index is 10.3. The van der Waals surface area contributed by atoms with Crippen LogP contribution in [0.25, 0.3) is 0 Å². The van der Waals surface area contributed by atoms with Crippen LogP contribution < -0.4 is 0 Å². The summed E-state index contributed by atoms with van der Waals surface area (Å²) in [6.45, 7) is 2.84. The lowest BCUT2D eigenvalue weighted by Crippen LogP contribution is -1.93. The smallest absolute Gasteiger partial charge is 0.303 e. The van der Waals surface area contributed by atoms with Crippen molar-refractivity contribution in [1.82, 2.24) is 0 Å². The summed E-state index contributed by atoms with van der Waals surface area (Å²) in [4.78, 5) is 10.3. The van der Waals surface area contributed by atoms with Gasteiger partial charge in [0.15, 0.2) is 0 Å². The van der Waals surface area contributed by atoms with Crippen molar-refractivity contribution in [3.8, 4) is 0 Å². The molecule has 0 saturated carbocycles. The normalized spacial score (nSPS) is 10.4. The third-order valence-electron chi connectivity index (χ3n) is 4.29. The van der Waals surface area contributed by atoms with E-state index < -0.39 is 5.97 Å². The maximum Gasteiger partial charge on any atom is 0.303 e. The van der Waals surface area contributed by atoms with Crippen LogP contribution in [0.15, 0.2) is 0 Å². The fraction of sp³-hybridized carbons (Fsp3) is 0.952. The third kappa shape index (κ3) is 31.6. The molecule has 0 saturated heterocycles. The van der Waals surface area contributed by atoms with Crippen LogP contribution >= 0.6 is 0 Å². The number of carboxylic acid groups (broad SMARTS) is 1. The molecule has 0 aliphatic heterocycles. The molecule has 0 aliphatic rings. The highest BCUT2D eigenvalue weighted by atomic mass is 16.5. The second-order valence-electron chi connectivity index (χ2n) is 6.81. The molecule has 0 heterocycles. The molecule has 0 aromatic heterocycles. The van der Waals surface area contributed by atoms with E-state index in [1.165, 1.54) is 83.5 Å². The molecule has 25 heavy (non-hydrogen) atoms. The molecule has 0 aliphatic carbocycles. The van der Waals surface area contributed by atoms with Gasteiger partial charge in [-0.2, -0.15) is 0 Å². The molecular formula is C21H44O4. The van der Waals surface area contributed by atoms with Crippen molar-refractivity contribution in [2.45, 2.75) is 110 Å². The molecule has 4 heteroatoms. The first-order valence-electron chi connectivity index (χ1n) is 10.5. The highest BCUT2D eigenvalue weighted by Gasteiger charge is 1.97. The van der Waals surface area contributed by atoms with Crippen molar-refractivity contribution < 1.29 is 19.7 Å². The molecule has 0 aromatic carbocycles. The number of hydrogen-bond donors (Lipinski definition) is 2. The number of hydrogen-bond acceptors (Lipinski definition) is 3. The summed E-state index contributed by atoms with van der Waals surface area (Å²) in [6, 6.07) is 0. The van der Waals surface area contributed by atoms with Crippen molar-refractivity contribution in [2.75, 3.05) is 20.3 Å². The van der Waals surface area contributed by atoms with Crippen molar-refractivity contribution in [3.63, 3.8) is 0 Å². The van der Waals surface area contributed by atoms with E-state index >= 15 is 0 Å². The number of ether oxygens (including phenoxy) is 1. The van der Waals surface area contributed by atoms with Gasteiger partial charge in [0.05, 0.1) is 13.2 Å². The lowest BCUT2D eigenvalue weighted by atomic mass is 10.0. The molecule has 0 spiro atoms. The minimum Gasteiger partial charge on any atom is -0.481 e. The fourth-order valence-electron chi connectivity index (χ4n) is 2.74. The molecule has 0 aromatic rings. The average molecular weight is 361 g/mol. The zero-order valence-electron chi connectivity index (χ0n) is 16.9. The second kappa shape index (κ2) is 25.6. The highest BCUT2D eigenvalue weighted by molar-refractivity contribution is 5.66. The molecular weight excluding hydrogens is 316 g/mol. The Labute approximate surface area is 156 Å². The predicted molar refractivity (Wildman–Crippen MR) is 106 cm³/mol. The van der Waals surface area contributed by atoms with Crippen molar-refractivity contribution in [1.29, 1.82) is 0 Å². The minimum atomic E-state index is -0.653. The molecule has 0 radical (unpaired) electrons. The Morgan fingerprint density at radius 1 is 0.720 bits per heavy atom. The molecule has 152 valence electrons. The molecule has 0 unspecified atom stereocenters. The Balaban J connectivity index is 0. The summed E-state index contributed by atoms with van der Waals surface area (Å²) in [5.41, 5.74) is 0. The number of aliphatic carboxylic acids is 1. The first-order valence-corrected chi connectivity index (χ1v) is 10.5. The lowest BCUT2D eigenvalue weighted by Gasteiger charge is -2.03. The Bertz CT molecular complexity index is 242. The van der Waals surface area contributed by atoms with E-state index in [4.69, 9.17) is 10.2 Å². The van der Waals surface area contributed by atoms with Crippen molar-refractivity contribution in [2.24, 2.45) is 0 Å². The number of carboxylic acids is 1. The summed E-state index contributed by atoms with van der Waals surface area (Å²) in [7, 11) is 1.55. The van der Waals surface area contributed by atoms with Gasteiger partial charge in [-0.15, -0.1) is 0 Å². The van der Waals surface area contributed by atoms with E-state index in [0.717, 1.165) is 12.8 Å². The van der Waals surface area contributed by atoms with Crippen LogP contribution in [0.3, 0.4) is 0 Å². The van der Waals surface area contributed by atoms with E-state index in [9.17, 15) is 4.79 Å². The van der Waals surface area contributed by atoms with Gasteiger partial charge in [-0.25, -0.2) is 0 Å². The molecule has 0 rings (SSSR count). The van der Waals surface area contributed by atoms with Gasteiger partial charge in [0, 0.05) is 13.5 Å². The van der Waals surface area contributed by atoms with Crippen LogP contribution in [0.4, 0.5) is 0 Å². The van der Waals surface area contributed by atoms with E-state index in [1.54, 1.807) is 7.11 Å². The number of aliphatic hydroxyl groups is 1. The zero-order valence-corrected chi connectivity index (χ0v) is 16.9. The topological polar surface area (TPSA) is 66.8 Å². The third-order valence-corrected chi connectivity index (χ3v) is 4.29. The van der Waals surface area contributed by atoms with Crippen molar-refractivity contribution in [3.05, 3.63) is 0 Å². The van der Waals surface area contributed by atoms with E-state index in [-0.39, 0.29) is 6.61 Å². The molecule has 0 atom stereocenters. The number of carbonyl (C=O) groups is 1. The lowest BCUT2D eigenvalue weighted by molar-refractivity contribution is -0.137.